The zero-order valence-electron chi connectivity index (χ0n) is 13.5. The standard InChI is InChI=1S/C22H19N2/c23-13-15-6-7-16-8-9-17-10-11-21-20(22(17)19(16)12-15)14-24(21)18-4-2-1-3-5-18/h1-9,12,14H,10-11,13,23H2/q+1. The molecule has 5 rings (SSSR count). The van der Waals surface area contributed by atoms with Crippen molar-refractivity contribution in [3.05, 3.63) is 83.1 Å². The monoisotopic (exact) mass is 311 g/mol. The lowest BCUT2D eigenvalue weighted by atomic mass is 9.82. The SMILES string of the molecule is NCc1ccc2ccc3c(c2c1)C1=C(CC3)[N+](c2ccccc2)=C1. The van der Waals surface area contributed by atoms with E-state index in [4.69, 9.17) is 5.73 Å². The highest BCUT2D eigenvalue weighted by atomic mass is 15.1. The summed E-state index contributed by atoms with van der Waals surface area (Å²) in [4.78, 5) is 0. The van der Waals surface area contributed by atoms with Crippen molar-refractivity contribution in [3.63, 3.8) is 0 Å². The molecule has 0 saturated carbocycles. The minimum absolute atomic E-state index is 0.589. The van der Waals surface area contributed by atoms with Gasteiger partial charge in [-0.2, -0.15) is 4.58 Å². The molecule has 2 nitrogen and oxygen atoms in total. The van der Waals surface area contributed by atoms with Crippen LogP contribution < -0.4 is 5.73 Å². The van der Waals surface area contributed by atoms with Gasteiger partial charge in [0.05, 0.1) is 0 Å². The van der Waals surface area contributed by atoms with Crippen LogP contribution >= 0.6 is 0 Å². The second-order valence-corrected chi connectivity index (χ2v) is 6.55. The van der Waals surface area contributed by atoms with Crippen molar-refractivity contribution >= 4 is 28.2 Å². The van der Waals surface area contributed by atoms with E-state index in [1.807, 2.05) is 0 Å². The number of hydrogen-bond acceptors (Lipinski definition) is 1. The number of benzene rings is 3. The minimum atomic E-state index is 0.589. The molecule has 0 aromatic heterocycles. The first kappa shape index (κ1) is 13.7. The van der Waals surface area contributed by atoms with Crippen LogP contribution in [0, 0.1) is 0 Å². The van der Waals surface area contributed by atoms with E-state index < -0.39 is 0 Å². The highest BCUT2D eigenvalue weighted by Gasteiger charge is 2.36. The van der Waals surface area contributed by atoms with Crippen LogP contribution in [0.2, 0.25) is 0 Å². The molecule has 0 fully saturated rings. The highest BCUT2D eigenvalue weighted by Crippen LogP contribution is 2.41. The third-order valence-electron chi connectivity index (χ3n) is 5.20. The van der Waals surface area contributed by atoms with Gasteiger partial charge in [-0.15, -0.1) is 0 Å². The van der Waals surface area contributed by atoms with Crippen LogP contribution in [0.25, 0.3) is 16.3 Å². The Hall–Kier alpha value is -2.71. The Labute approximate surface area is 141 Å². The van der Waals surface area contributed by atoms with Crippen LogP contribution in [0.5, 0.6) is 0 Å². The Balaban J connectivity index is 1.68. The number of fused-ring (bicyclic) bond motifs is 4. The van der Waals surface area contributed by atoms with Gasteiger partial charge in [0, 0.05) is 30.7 Å². The summed E-state index contributed by atoms with van der Waals surface area (Å²) in [5, 5.41) is 2.64. The van der Waals surface area contributed by atoms with E-state index in [1.165, 1.54) is 44.4 Å². The highest BCUT2D eigenvalue weighted by molar-refractivity contribution is 6.18. The van der Waals surface area contributed by atoms with Gasteiger partial charge >= 0.3 is 0 Å². The molecule has 1 heterocycles. The van der Waals surface area contributed by atoms with E-state index in [0.717, 1.165) is 12.8 Å². The number of aryl methyl sites for hydroxylation is 1. The van der Waals surface area contributed by atoms with Crippen LogP contribution in [0.15, 0.2) is 66.4 Å². The number of allylic oxidation sites excluding steroid dienone is 2. The molecule has 1 aliphatic heterocycles. The van der Waals surface area contributed by atoms with E-state index in [0.29, 0.717) is 6.54 Å². The van der Waals surface area contributed by atoms with Gasteiger partial charge < -0.3 is 5.73 Å². The summed E-state index contributed by atoms with van der Waals surface area (Å²) in [7, 11) is 0. The maximum atomic E-state index is 5.86. The van der Waals surface area contributed by atoms with Crippen molar-refractivity contribution in [1.82, 2.24) is 0 Å². The molecule has 0 spiro atoms. The first-order valence-electron chi connectivity index (χ1n) is 8.52. The summed E-state index contributed by atoms with van der Waals surface area (Å²) in [6, 6.07) is 21.7. The number of nitrogens with zero attached hydrogens (tertiary/aromatic N) is 1. The third-order valence-corrected chi connectivity index (χ3v) is 5.20. The van der Waals surface area contributed by atoms with Crippen LogP contribution in [0.3, 0.4) is 0 Å². The molecule has 0 unspecified atom stereocenters. The molecule has 0 bridgehead atoms. The summed E-state index contributed by atoms with van der Waals surface area (Å²) < 4.78 is 2.34. The molecule has 2 heteroatoms. The van der Waals surface area contributed by atoms with Gasteiger partial charge in [0.2, 0.25) is 11.4 Å². The lowest BCUT2D eigenvalue weighted by molar-refractivity contribution is -0.390. The first-order valence-corrected chi connectivity index (χ1v) is 8.52. The van der Waals surface area contributed by atoms with Crippen LogP contribution in [0.1, 0.15) is 23.1 Å². The molecular weight excluding hydrogens is 292 g/mol. The number of para-hydroxylation sites is 1. The van der Waals surface area contributed by atoms with Crippen molar-refractivity contribution in [2.75, 3.05) is 0 Å². The van der Waals surface area contributed by atoms with Gasteiger partial charge in [-0.3, -0.25) is 0 Å². The molecule has 0 amide bonds. The van der Waals surface area contributed by atoms with Gasteiger partial charge in [-0.1, -0.05) is 42.5 Å². The molecule has 0 saturated heterocycles. The zero-order valence-corrected chi connectivity index (χ0v) is 13.5. The van der Waals surface area contributed by atoms with Gasteiger partial charge in [-0.05, 0) is 34.4 Å². The van der Waals surface area contributed by atoms with Crippen molar-refractivity contribution in [2.24, 2.45) is 5.73 Å². The Bertz CT molecular complexity index is 1030. The molecular formula is C22H19N2+. The smallest absolute Gasteiger partial charge is 0.210 e. The van der Waals surface area contributed by atoms with Crippen molar-refractivity contribution in [2.45, 2.75) is 19.4 Å². The van der Waals surface area contributed by atoms with Crippen molar-refractivity contribution < 1.29 is 4.58 Å². The fourth-order valence-corrected chi connectivity index (χ4v) is 3.95. The number of rotatable bonds is 2. The lowest BCUT2D eigenvalue weighted by Gasteiger charge is -2.25. The maximum absolute atomic E-state index is 5.86. The van der Waals surface area contributed by atoms with Crippen LogP contribution in [-0.4, -0.2) is 10.8 Å². The van der Waals surface area contributed by atoms with Crippen molar-refractivity contribution in [1.29, 1.82) is 0 Å². The Morgan fingerprint density at radius 1 is 0.917 bits per heavy atom. The number of nitrogens with two attached hydrogens (primary N) is 1. The first-order chi connectivity index (χ1) is 11.8. The largest absolute Gasteiger partial charge is 0.326 e. The van der Waals surface area contributed by atoms with E-state index in [1.54, 1.807) is 0 Å². The molecule has 116 valence electrons. The lowest BCUT2D eigenvalue weighted by Crippen LogP contribution is -2.24. The maximum Gasteiger partial charge on any atom is 0.210 e. The van der Waals surface area contributed by atoms with Gasteiger partial charge in [0.1, 0.15) is 5.57 Å². The third kappa shape index (κ3) is 1.90. The summed E-state index contributed by atoms with van der Waals surface area (Å²) in [6.07, 6.45) is 4.50. The molecule has 2 N–H and O–H groups in total. The summed E-state index contributed by atoms with van der Waals surface area (Å²) in [5.74, 6) is 0. The fraction of sp³-hybridized carbons (Fsp3) is 0.136. The average molecular weight is 311 g/mol. The molecule has 1 aliphatic carbocycles. The summed E-state index contributed by atoms with van der Waals surface area (Å²) >= 11 is 0. The molecule has 24 heavy (non-hydrogen) atoms. The van der Waals surface area contributed by atoms with E-state index in [-0.39, 0.29) is 0 Å². The van der Waals surface area contributed by atoms with Gasteiger partial charge in [0.15, 0.2) is 6.21 Å². The number of hydrogen-bond donors (Lipinski definition) is 1. The fourth-order valence-electron chi connectivity index (χ4n) is 3.95. The van der Waals surface area contributed by atoms with Crippen LogP contribution in [-0.2, 0) is 13.0 Å². The predicted octanol–water partition coefficient (Wildman–Crippen LogP) is 4.38. The molecule has 3 aromatic carbocycles. The average Bonchev–Trinajstić information content (AvgIpc) is 2.62. The van der Waals surface area contributed by atoms with Crippen LogP contribution in [0.4, 0.5) is 5.69 Å². The topological polar surface area (TPSA) is 29.0 Å². The molecule has 0 atom stereocenters. The zero-order chi connectivity index (χ0) is 16.1. The van der Waals surface area contributed by atoms with Gasteiger partial charge in [0.25, 0.3) is 0 Å². The summed E-state index contributed by atoms with van der Waals surface area (Å²) in [6.45, 7) is 0.589. The quantitative estimate of drug-likeness (QED) is 0.699. The van der Waals surface area contributed by atoms with Crippen molar-refractivity contribution in [3.8, 4) is 0 Å². The normalized spacial score (nSPS) is 15.6. The second kappa shape index (κ2) is 5.15. The Morgan fingerprint density at radius 2 is 1.75 bits per heavy atom. The molecule has 2 aliphatic rings. The van der Waals surface area contributed by atoms with E-state index in [2.05, 4.69) is 71.5 Å². The summed E-state index contributed by atoms with van der Waals surface area (Å²) in [5.41, 5.74) is 14.0. The Morgan fingerprint density at radius 3 is 2.58 bits per heavy atom. The second-order valence-electron chi connectivity index (χ2n) is 6.55. The Kier molecular flexibility index (Phi) is 2.94. The molecule has 3 aromatic rings. The predicted molar refractivity (Wildman–Crippen MR) is 99.5 cm³/mol. The van der Waals surface area contributed by atoms with E-state index in [9.17, 15) is 0 Å². The molecule has 0 radical (unpaired) electrons. The minimum Gasteiger partial charge on any atom is -0.326 e. The van der Waals surface area contributed by atoms with Gasteiger partial charge in [-0.25, -0.2) is 0 Å². The van der Waals surface area contributed by atoms with E-state index >= 15 is 0 Å².